The highest BCUT2D eigenvalue weighted by Gasteiger charge is 2.39. The van der Waals surface area contributed by atoms with E-state index in [2.05, 4.69) is 20.1 Å². The van der Waals surface area contributed by atoms with Crippen molar-refractivity contribution in [1.29, 1.82) is 0 Å². The Hall–Kier alpha value is -3.65. The van der Waals surface area contributed by atoms with E-state index in [4.69, 9.17) is 0 Å². The molecule has 0 bridgehead atoms. The van der Waals surface area contributed by atoms with Crippen molar-refractivity contribution in [2.24, 2.45) is 0 Å². The highest BCUT2D eigenvalue weighted by atomic mass is 16.3. The molecule has 1 aromatic rings. The van der Waals surface area contributed by atoms with Crippen molar-refractivity contribution in [2.45, 2.75) is 45.6 Å². The van der Waals surface area contributed by atoms with Crippen LogP contribution in [0.4, 0.5) is 11.4 Å². The van der Waals surface area contributed by atoms with Crippen LogP contribution in [0, 0.1) is 0 Å². The van der Waals surface area contributed by atoms with Gasteiger partial charge in [0.1, 0.15) is 25.0 Å². The molecule has 1 unspecified atom stereocenters. The third-order valence-corrected chi connectivity index (χ3v) is 7.21. The van der Waals surface area contributed by atoms with Gasteiger partial charge in [0, 0.05) is 79.9 Å². The van der Waals surface area contributed by atoms with Gasteiger partial charge in [-0.15, -0.1) is 0 Å². The molecular weight excluding hydrogens is 456 g/mol. The summed E-state index contributed by atoms with van der Waals surface area (Å²) in [5.41, 5.74) is 5.00. The maximum atomic E-state index is 11.9. The van der Waals surface area contributed by atoms with Crippen molar-refractivity contribution in [1.82, 2.24) is 5.32 Å². The molecule has 188 valence electrons. The number of nitrogens with zero attached hydrogens (tertiary/aromatic N) is 2. The van der Waals surface area contributed by atoms with E-state index < -0.39 is 6.10 Å². The largest absolute Gasteiger partial charge is 0.507 e. The van der Waals surface area contributed by atoms with Gasteiger partial charge < -0.3 is 25.7 Å². The quantitative estimate of drug-likeness (QED) is 0.487. The molecule has 0 saturated carbocycles. The van der Waals surface area contributed by atoms with Gasteiger partial charge in [-0.25, -0.2) is 4.58 Å². The molecule has 0 aromatic heterocycles. The van der Waals surface area contributed by atoms with Crippen molar-refractivity contribution in [3.05, 3.63) is 64.6 Å². The third kappa shape index (κ3) is 4.48. The van der Waals surface area contributed by atoms with Crippen molar-refractivity contribution in [3.8, 4) is 0 Å². The Morgan fingerprint density at radius 1 is 0.972 bits per heavy atom. The minimum absolute atomic E-state index is 0.0384. The summed E-state index contributed by atoms with van der Waals surface area (Å²) >= 11 is 0. The molecule has 2 amide bonds. The molecule has 8 heteroatoms. The lowest BCUT2D eigenvalue weighted by Crippen LogP contribution is -2.32. The van der Waals surface area contributed by atoms with Crippen molar-refractivity contribution in [3.63, 3.8) is 0 Å². The molecule has 1 aromatic carbocycles. The lowest BCUT2D eigenvalue weighted by atomic mass is 9.77. The van der Waals surface area contributed by atoms with E-state index in [-0.39, 0.29) is 17.6 Å². The summed E-state index contributed by atoms with van der Waals surface area (Å²) in [4.78, 5) is 26.2. The molecule has 2 heterocycles. The van der Waals surface area contributed by atoms with E-state index in [0.29, 0.717) is 33.7 Å². The average molecular weight is 490 g/mol. The predicted molar refractivity (Wildman–Crippen MR) is 140 cm³/mol. The van der Waals surface area contributed by atoms with Gasteiger partial charge in [-0.2, -0.15) is 0 Å². The zero-order valence-corrected chi connectivity index (χ0v) is 20.8. The lowest BCUT2D eigenvalue weighted by molar-refractivity contribution is -0.504. The van der Waals surface area contributed by atoms with Gasteiger partial charge in [0.15, 0.2) is 0 Å². The number of carbonyl (C=O) groups excluding carboxylic acids is 2. The summed E-state index contributed by atoms with van der Waals surface area (Å²) in [5, 5.41) is 28.1. The van der Waals surface area contributed by atoms with Crippen LogP contribution in [0.2, 0.25) is 0 Å². The van der Waals surface area contributed by atoms with Crippen LogP contribution >= 0.6 is 0 Å². The topological polar surface area (TPSA) is 105 Å². The first kappa shape index (κ1) is 24.1. The number of benzene rings is 1. The molecule has 5 rings (SSSR count). The number of rotatable bonds is 4. The second-order valence-corrected chi connectivity index (χ2v) is 9.79. The number of carbonyl (C=O) groups is 2. The van der Waals surface area contributed by atoms with E-state index in [1.807, 2.05) is 36.4 Å². The second-order valence-electron chi connectivity index (χ2n) is 9.79. The molecule has 8 nitrogen and oxygen atoms in total. The smallest absolute Gasteiger partial charge is 0.221 e. The number of allylic oxidation sites excluding steroid dienone is 3. The molecular formula is C28H33N4O4+. The first-order valence-electron chi connectivity index (χ1n) is 12.7. The standard InChI is InChI=1S/C28H32N4O4/c1-17(33)29-23-15-19(31-11-3-4-12-31)7-9-21(23)25-27(35)26(28(25)36)22-10-8-20(32-13-5-6-14-32)16-24(22)30-18(2)34/h7-10,15-16,27,35H,3-6,11-14H2,1-2H3,(H2,29,30,33,34,36)/p+1. The zero-order chi connectivity index (χ0) is 25.4. The Labute approximate surface area is 211 Å². The molecule has 1 atom stereocenters. The Balaban J connectivity index is 1.55. The number of hydrogen-bond donors (Lipinski definition) is 4. The van der Waals surface area contributed by atoms with Crippen molar-refractivity contribution < 1.29 is 24.4 Å². The number of hydrogen-bond acceptors (Lipinski definition) is 5. The first-order valence-corrected chi connectivity index (χ1v) is 12.7. The van der Waals surface area contributed by atoms with Gasteiger partial charge >= 0.3 is 0 Å². The van der Waals surface area contributed by atoms with Gasteiger partial charge in [0.05, 0.1) is 11.4 Å². The van der Waals surface area contributed by atoms with E-state index in [1.165, 1.54) is 13.8 Å². The van der Waals surface area contributed by atoms with E-state index >= 15 is 0 Å². The van der Waals surface area contributed by atoms with E-state index in [0.717, 1.165) is 63.3 Å². The molecule has 4 aliphatic rings. The van der Waals surface area contributed by atoms with Crippen LogP contribution in [0.25, 0.3) is 5.57 Å². The van der Waals surface area contributed by atoms with Crippen LogP contribution in [0.5, 0.6) is 0 Å². The Morgan fingerprint density at radius 2 is 1.67 bits per heavy atom. The molecule has 4 N–H and O–H groups in total. The summed E-state index contributed by atoms with van der Waals surface area (Å²) in [5.74, 6) is -0.486. The Morgan fingerprint density at radius 3 is 2.31 bits per heavy atom. The van der Waals surface area contributed by atoms with Gasteiger partial charge in [0.25, 0.3) is 0 Å². The molecule has 2 aliphatic heterocycles. The maximum Gasteiger partial charge on any atom is 0.221 e. The van der Waals surface area contributed by atoms with E-state index in [1.54, 1.807) is 0 Å². The molecule has 2 fully saturated rings. The summed E-state index contributed by atoms with van der Waals surface area (Å²) in [6, 6.07) is 5.71. The highest BCUT2D eigenvalue weighted by molar-refractivity contribution is 6.05. The molecule has 36 heavy (non-hydrogen) atoms. The third-order valence-electron chi connectivity index (χ3n) is 7.21. The summed E-state index contributed by atoms with van der Waals surface area (Å²) in [7, 11) is 0. The minimum atomic E-state index is -1.07. The number of amides is 2. The number of aliphatic hydroxyl groups excluding tert-OH is 2. The van der Waals surface area contributed by atoms with Crippen LogP contribution in [0.3, 0.4) is 0 Å². The number of aliphatic hydroxyl groups is 2. The van der Waals surface area contributed by atoms with Gasteiger partial charge in [-0.05, 0) is 31.1 Å². The van der Waals surface area contributed by atoms with E-state index in [9.17, 15) is 19.8 Å². The summed E-state index contributed by atoms with van der Waals surface area (Å²) in [6.45, 7) is 6.74. The first-order chi connectivity index (χ1) is 17.3. The monoisotopic (exact) mass is 489 g/mol. The molecule has 0 spiro atoms. The molecule has 2 saturated heterocycles. The zero-order valence-electron chi connectivity index (χ0n) is 20.8. The fourth-order valence-electron chi connectivity index (χ4n) is 5.48. The van der Waals surface area contributed by atoms with Gasteiger partial charge in [0.2, 0.25) is 17.5 Å². The van der Waals surface area contributed by atoms with Crippen LogP contribution in [-0.4, -0.2) is 64.6 Å². The maximum absolute atomic E-state index is 11.9. The van der Waals surface area contributed by atoms with Gasteiger partial charge in [-0.3, -0.25) is 9.59 Å². The number of nitrogens with one attached hydrogen (secondary N) is 2. The Bertz CT molecular complexity index is 1270. The second kappa shape index (κ2) is 9.78. The molecule has 0 radical (unpaired) electrons. The van der Waals surface area contributed by atoms with Gasteiger partial charge in [-0.1, -0.05) is 6.07 Å². The van der Waals surface area contributed by atoms with Crippen LogP contribution in [0.15, 0.2) is 59.0 Å². The van der Waals surface area contributed by atoms with Crippen LogP contribution in [0.1, 0.15) is 45.1 Å². The summed E-state index contributed by atoms with van der Waals surface area (Å²) in [6.07, 6.45) is 9.17. The number of anilines is 2. The van der Waals surface area contributed by atoms with Crippen molar-refractivity contribution >= 4 is 34.5 Å². The van der Waals surface area contributed by atoms with Crippen LogP contribution in [-0.2, 0) is 9.59 Å². The normalized spacial score (nSPS) is 23.7. The Kier molecular flexibility index (Phi) is 6.53. The predicted octanol–water partition coefficient (Wildman–Crippen LogP) is 3.02. The van der Waals surface area contributed by atoms with Crippen molar-refractivity contribution in [2.75, 3.05) is 36.4 Å². The highest BCUT2D eigenvalue weighted by Crippen LogP contribution is 2.46. The minimum Gasteiger partial charge on any atom is -0.507 e. The summed E-state index contributed by atoms with van der Waals surface area (Å²) < 4.78 is 2.26. The fourth-order valence-corrected chi connectivity index (χ4v) is 5.48. The lowest BCUT2D eigenvalue weighted by Gasteiger charge is -2.33. The fraction of sp³-hybridized carbons (Fsp3) is 0.393. The SMILES string of the molecule is CC(=O)NC1=CC(=[N+]2CCCC2)C=C/C1=C1\C(O)=C(c2ccc(N3CCCC3)cc2NC(C)=O)C1O. The molecule has 2 aliphatic carbocycles. The average Bonchev–Trinajstić information content (AvgIpc) is 3.55. The van der Waals surface area contributed by atoms with Crippen LogP contribution < -0.4 is 15.5 Å².